The van der Waals surface area contributed by atoms with Crippen molar-refractivity contribution in [2.45, 2.75) is 60.6 Å². The molecule has 24 heteroatoms. The van der Waals surface area contributed by atoms with Crippen LogP contribution in [0.4, 0.5) is 0 Å². The number of halogens is 3. The fourth-order valence-electron chi connectivity index (χ4n) is 4.38. The maximum atomic E-state index is 11.1. The summed E-state index contributed by atoms with van der Waals surface area (Å²) < 4.78 is 46.3. The minimum absolute atomic E-state index is 0.0536. The Morgan fingerprint density at radius 1 is 0.729 bits per heavy atom. The Hall–Kier alpha value is 1.07. The van der Waals surface area contributed by atoms with Crippen LogP contribution in [0.1, 0.15) is 0 Å². The summed E-state index contributed by atoms with van der Waals surface area (Å²) in [6, 6.07) is -1.63. The van der Waals surface area contributed by atoms with Gasteiger partial charge in [0.05, 0.1) is 57.3 Å². The smallest absolute Gasteiger partial charge is 0.287 e. The predicted molar refractivity (Wildman–Crippen MR) is 188 cm³/mol. The second-order valence-electron chi connectivity index (χ2n) is 11.5. The molecule has 48 heavy (non-hydrogen) atoms. The number of rotatable bonds is 6. The highest BCUT2D eigenvalue weighted by atomic mass is 35.9. The van der Waals surface area contributed by atoms with Gasteiger partial charge in [-0.2, -0.15) is 0 Å². The van der Waals surface area contributed by atoms with Crippen LogP contribution in [0, 0.1) is 0 Å². The van der Waals surface area contributed by atoms with E-state index in [1.165, 1.54) is 13.3 Å². The highest BCUT2D eigenvalue weighted by Gasteiger charge is 2.39. The number of nitrogens with two attached hydrogens (primary N) is 1. The van der Waals surface area contributed by atoms with Gasteiger partial charge in [-0.3, -0.25) is 9.13 Å². The van der Waals surface area contributed by atoms with Gasteiger partial charge in [0.25, 0.3) is 6.72 Å². The van der Waals surface area contributed by atoms with Crippen LogP contribution in [0.15, 0.2) is 0 Å². The molecule has 11 unspecified atom stereocenters. The molecule has 0 aromatic rings. The van der Waals surface area contributed by atoms with Gasteiger partial charge in [0.2, 0.25) is 5.85 Å². The van der Waals surface area contributed by atoms with E-state index in [0.29, 0.717) is 13.1 Å². The van der Waals surface area contributed by atoms with Crippen molar-refractivity contribution in [2.75, 3.05) is 93.1 Å². The number of likely N-dealkylation sites (N-methyl/N-ethyl adjacent to an activating group) is 2. The zero-order chi connectivity index (χ0) is 37.2. The molecule has 0 aliphatic carbocycles. The average Bonchev–Trinajstić information content (AvgIpc) is 3.21. The lowest BCUT2D eigenvalue weighted by atomic mass is 9.93. The normalized spacial score (nSPS) is 35.5. The van der Waals surface area contributed by atoms with Gasteiger partial charge in [-0.05, 0) is 47.8 Å². The number of nitrogens with zero attached hydrogens (tertiary/aromatic N) is 2. The Morgan fingerprint density at radius 3 is 1.52 bits per heavy atom. The molecule has 11 atom stereocenters. The third-order valence-corrected chi connectivity index (χ3v) is 7.32. The van der Waals surface area contributed by atoms with E-state index >= 15 is 0 Å². The molecule has 0 spiro atoms. The first-order valence-electron chi connectivity index (χ1n) is 15.0. The van der Waals surface area contributed by atoms with Crippen LogP contribution in [0.2, 0.25) is 0 Å². The van der Waals surface area contributed by atoms with Crippen molar-refractivity contribution in [2.24, 2.45) is 0 Å². The molecule has 4 aliphatic rings. The minimum atomic E-state index is -2.94. The number of hydrogen-bond donors (Lipinski definition) is 6. The Kier molecular flexibility index (Phi) is 25.7. The van der Waals surface area contributed by atoms with Gasteiger partial charge in [-0.25, -0.2) is 0 Å². The fourth-order valence-corrected chi connectivity index (χ4v) is 4.99. The van der Waals surface area contributed by atoms with E-state index in [9.17, 15) is 9.13 Å². The standard InChI is InChI=1S/C7H14BClNO3P.C6H12BNO2.C5H10BNO2.C5H9BO4.CH3Cl2OP/c1-10-3-6(13-7(8)4-10)5-12-14(2,9)11;1-8-2-5(4-9)10-6(7)3-8;6-5-2-7-1-4(3-8)9-5;6-5-4(9)3(8)2(1-7)10-5;1-5(2,3)4/h6-7H,3-5H2,1-2H3;5-6,9H,2-4H2,1H3;4-5,7-8H,1-3H2;2-5,7-9H,1H2;1H3/p+1. The summed E-state index contributed by atoms with van der Waals surface area (Å²) in [6.07, 6.45) is -3.22. The second kappa shape index (κ2) is 25.2. The molecule has 0 amide bonds. The number of aliphatic hydroxyl groups excluding tert-OH is 5. The van der Waals surface area contributed by atoms with E-state index in [0.717, 1.165) is 26.2 Å². The lowest BCUT2D eigenvalue weighted by molar-refractivity contribution is -0.680. The van der Waals surface area contributed by atoms with E-state index in [2.05, 4.69) is 10.2 Å². The first-order valence-corrected chi connectivity index (χ1v) is 21.9. The third kappa shape index (κ3) is 25.1. The van der Waals surface area contributed by atoms with Gasteiger partial charge < -0.3 is 64.1 Å². The highest BCUT2D eigenvalue weighted by molar-refractivity contribution is 8.08. The van der Waals surface area contributed by atoms with E-state index in [4.69, 9.17) is 114 Å². The van der Waals surface area contributed by atoms with Crippen molar-refractivity contribution >= 4 is 77.7 Å². The van der Waals surface area contributed by atoms with Crippen LogP contribution in [0.3, 0.4) is 0 Å². The first-order chi connectivity index (χ1) is 22.1. The van der Waals surface area contributed by atoms with Crippen molar-refractivity contribution < 1.29 is 63.5 Å². The summed E-state index contributed by atoms with van der Waals surface area (Å²) in [6.45, 7) is 4.26. The van der Waals surface area contributed by atoms with E-state index in [1.54, 1.807) is 0 Å². The summed E-state index contributed by atoms with van der Waals surface area (Å²) in [4.78, 5) is 4.09. The zero-order valence-electron chi connectivity index (χ0n) is 27.7. The molecule has 0 bridgehead atoms. The van der Waals surface area contributed by atoms with Crippen molar-refractivity contribution in [3.8, 4) is 0 Å². The van der Waals surface area contributed by atoms with Gasteiger partial charge in [-0.1, -0.05) is 0 Å². The lowest BCUT2D eigenvalue weighted by Gasteiger charge is -2.34. The number of morpholine rings is 3. The van der Waals surface area contributed by atoms with Crippen molar-refractivity contribution in [3.63, 3.8) is 0 Å². The zero-order valence-corrected chi connectivity index (χ0v) is 31.8. The van der Waals surface area contributed by atoms with Crippen molar-refractivity contribution in [1.82, 2.24) is 9.80 Å². The lowest BCUT2D eigenvalue weighted by Crippen LogP contribution is -2.91. The molecule has 274 valence electrons. The van der Waals surface area contributed by atoms with Crippen molar-refractivity contribution in [3.05, 3.63) is 0 Å². The van der Waals surface area contributed by atoms with Crippen molar-refractivity contribution in [1.29, 1.82) is 0 Å². The Labute approximate surface area is 303 Å². The van der Waals surface area contributed by atoms with Gasteiger partial charge in [-0.15, -0.1) is 0 Å². The molecule has 4 rings (SSSR count). The van der Waals surface area contributed by atoms with Gasteiger partial charge >= 0.3 is 0 Å². The highest BCUT2D eigenvalue weighted by Crippen LogP contribution is 2.52. The summed E-state index contributed by atoms with van der Waals surface area (Å²) in [5.41, 5.74) is 0. The molecular weight excluding hydrogens is 734 g/mol. The summed E-state index contributed by atoms with van der Waals surface area (Å²) in [7, 11) is 25.7. The SMILES string of the molecule is CP(=O)(Cl)Cl.[B]C1CN(C)CC(CO)O1.[B]C1CN(C)CC(COP(C)(=O)Cl)O1.[B]C1C[NH2+]CC(CO)O1.[B]C1OC(CO)C(O)C1O. The summed E-state index contributed by atoms with van der Waals surface area (Å²) >= 11 is 15.2. The number of aliphatic hydroxyl groups is 5. The average molecular weight is 783 g/mol. The van der Waals surface area contributed by atoms with Crippen LogP contribution < -0.4 is 5.32 Å². The van der Waals surface area contributed by atoms with E-state index in [-0.39, 0.29) is 62.7 Å². The van der Waals surface area contributed by atoms with Crippen LogP contribution >= 0.6 is 46.3 Å². The molecule has 4 fully saturated rings. The quantitative estimate of drug-likeness (QED) is 0.118. The third-order valence-electron chi connectivity index (χ3n) is 6.42. The van der Waals surface area contributed by atoms with Crippen LogP contribution in [0.5, 0.6) is 0 Å². The predicted octanol–water partition coefficient (Wildman–Crippen LogP) is -2.99. The molecule has 0 saturated carbocycles. The number of quaternary nitrogens is 1. The molecule has 8 radical (unpaired) electrons. The van der Waals surface area contributed by atoms with Crippen LogP contribution in [-0.4, -0.2) is 220 Å². The van der Waals surface area contributed by atoms with Crippen LogP contribution in [-0.2, 0) is 32.6 Å². The fraction of sp³-hybridized carbons (Fsp3) is 1.00. The van der Waals surface area contributed by atoms with Gasteiger partial charge in [0, 0.05) is 57.5 Å². The Morgan fingerprint density at radius 2 is 1.19 bits per heavy atom. The second-order valence-corrected chi connectivity index (χ2v) is 21.0. The molecule has 4 saturated heterocycles. The molecule has 4 heterocycles. The Balaban J connectivity index is 0.000000593. The minimum Gasteiger partial charge on any atom is -0.394 e. The monoisotopic (exact) mass is 782 g/mol. The maximum absolute atomic E-state index is 11.1. The maximum Gasteiger partial charge on any atom is 0.287 e. The van der Waals surface area contributed by atoms with E-state index in [1.807, 2.05) is 19.0 Å². The Bertz CT molecular complexity index is 932. The molecule has 0 aromatic carbocycles. The van der Waals surface area contributed by atoms with E-state index < -0.39 is 36.9 Å². The van der Waals surface area contributed by atoms with Gasteiger partial charge in [0.1, 0.15) is 56.2 Å². The topological polar surface area (TPSA) is 205 Å². The molecule has 4 aliphatic heterocycles. The number of ether oxygens (including phenoxy) is 4. The molecule has 7 N–H and O–H groups in total. The molecular formula is C24H49B4Cl3N3O12P2+. The summed E-state index contributed by atoms with van der Waals surface area (Å²) in [5, 5.41) is 45.9. The molecule has 0 aromatic heterocycles. The first kappa shape index (κ1) is 49.1. The number of hydrogen-bond acceptors (Lipinski definition) is 14. The molecule has 15 nitrogen and oxygen atoms in total. The van der Waals surface area contributed by atoms with Crippen LogP contribution in [0.25, 0.3) is 0 Å². The van der Waals surface area contributed by atoms with Gasteiger partial charge in [0.15, 0.2) is 0 Å². The largest absolute Gasteiger partial charge is 0.394 e. The summed E-state index contributed by atoms with van der Waals surface area (Å²) in [5.74, 6) is -2.69.